The number of methoxy groups -OCH3 is 1. The van der Waals surface area contributed by atoms with Crippen molar-refractivity contribution in [2.75, 3.05) is 33.4 Å². The minimum absolute atomic E-state index is 0.0444. The molecule has 1 aromatic carbocycles. The molecule has 0 radical (unpaired) electrons. The zero-order valence-electron chi connectivity index (χ0n) is 15.1. The first-order chi connectivity index (χ1) is 12.1. The smallest absolute Gasteiger partial charge is 0.317 e. The zero-order chi connectivity index (χ0) is 18.1. The number of amides is 2. The zero-order valence-corrected chi connectivity index (χ0v) is 15.1. The van der Waals surface area contributed by atoms with Crippen LogP contribution < -0.4 is 10.1 Å². The fourth-order valence-corrected chi connectivity index (χ4v) is 2.97. The van der Waals surface area contributed by atoms with Crippen molar-refractivity contribution >= 4 is 12.0 Å². The van der Waals surface area contributed by atoms with E-state index in [-0.39, 0.29) is 17.9 Å². The number of hydrogen-bond acceptors (Lipinski definition) is 4. The van der Waals surface area contributed by atoms with Crippen molar-refractivity contribution in [1.82, 2.24) is 10.2 Å². The summed E-state index contributed by atoms with van der Waals surface area (Å²) in [5.41, 5.74) is 1.23. The van der Waals surface area contributed by atoms with Gasteiger partial charge >= 0.3 is 12.0 Å². The number of carbonyl (C=O) groups is 2. The first-order valence-electron chi connectivity index (χ1n) is 8.96. The standard InChI is InChI=1S/C19H28N2O4/c1-3-25-18(22)16-10-13-21(14-11-16)19(23)20-12-4-5-15-6-8-17(24-2)9-7-15/h6-9,16H,3-5,10-14H2,1-2H3,(H,20,23). The molecule has 1 aromatic rings. The summed E-state index contributed by atoms with van der Waals surface area (Å²) in [5, 5.41) is 2.96. The largest absolute Gasteiger partial charge is 0.497 e. The molecule has 1 aliphatic heterocycles. The number of nitrogens with zero attached hydrogens (tertiary/aromatic N) is 1. The molecule has 0 bridgehead atoms. The molecule has 2 rings (SSSR count). The van der Waals surface area contributed by atoms with Gasteiger partial charge < -0.3 is 19.7 Å². The van der Waals surface area contributed by atoms with Crippen molar-refractivity contribution in [3.8, 4) is 5.75 Å². The predicted octanol–water partition coefficient (Wildman–Crippen LogP) is 2.61. The molecule has 6 nitrogen and oxygen atoms in total. The minimum atomic E-state index is -0.137. The average molecular weight is 348 g/mol. The summed E-state index contributed by atoms with van der Waals surface area (Å²) < 4.78 is 10.2. The molecule has 0 aliphatic carbocycles. The van der Waals surface area contributed by atoms with Crippen molar-refractivity contribution in [3.05, 3.63) is 29.8 Å². The van der Waals surface area contributed by atoms with Crippen LogP contribution in [0.15, 0.2) is 24.3 Å². The molecule has 25 heavy (non-hydrogen) atoms. The number of piperidine rings is 1. The Morgan fingerprint density at radius 2 is 1.88 bits per heavy atom. The van der Waals surface area contributed by atoms with Gasteiger partial charge in [-0.1, -0.05) is 12.1 Å². The summed E-state index contributed by atoms with van der Waals surface area (Å²) in [5.74, 6) is 0.643. The van der Waals surface area contributed by atoms with E-state index in [0.29, 0.717) is 39.1 Å². The third-order valence-electron chi connectivity index (χ3n) is 4.48. The third-order valence-corrected chi connectivity index (χ3v) is 4.48. The van der Waals surface area contributed by atoms with Gasteiger partial charge in [0.1, 0.15) is 5.75 Å². The van der Waals surface area contributed by atoms with Crippen LogP contribution in [0.2, 0.25) is 0 Å². The van der Waals surface area contributed by atoms with E-state index in [1.54, 1.807) is 12.0 Å². The quantitative estimate of drug-likeness (QED) is 0.607. The number of ether oxygens (including phenoxy) is 2. The lowest BCUT2D eigenvalue weighted by Crippen LogP contribution is -2.45. The molecule has 0 unspecified atom stereocenters. The Morgan fingerprint density at radius 3 is 2.48 bits per heavy atom. The van der Waals surface area contributed by atoms with Gasteiger partial charge in [0.15, 0.2) is 0 Å². The van der Waals surface area contributed by atoms with Gasteiger partial charge in [0.25, 0.3) is 0 Å². The van der Waals surface area contributed by atoms with Crippen LogP contribution >= 0.6 is 0 Å². The van der Waals surface area contributed by atoms with Crippen molar-refractivity contribution < 1.29 is 19.1 Å². The summed E-state index contributed by atoms with van der Waals surface area (Å²) in [6, 6.07) is 7.93. The molecule has 1 saturated heterocycles. The van der Waals surface area contributed by atoms with Gasteiger partial charge in [0.2, 0.25) is 0 Å². The van der Waals surface area contributed by atoms with Crippen LogP contribution in [0.25, 0.3) is 0 Å². The Labute approximate surface area is 149 Å². The van der Waals surface area contributed by atoms with E-state index in [9.17, 15) is 9.59 Å². The summed E-state index contributed by atoms with van der Waals surface area (Å²) in [6.45, 7) is 4.07. The molecule has 2 amide bonds. The first kappa shape index (κ1) is 19.1. The van der Waals surface area contributed by atoms with Crippen molar-refractivity contribution in [1.29, 1.82) is 0 Å². The Kier molecular flexibility index (Phi) is 7.57. The molecule has 0 atom stereocenters. The van der Waals surface area contributed by atoms with E-state index >= 15 is 0 Å². The van der Waals surface area contributed by atoms with E-state index in [2.05, 4.69) is 5.32 Å². The molecule has 1 fully saturated rings. The number of rotatable bonds is 7. The molecular formula is C19H28N2O4. The number of likely N-dealkylation sites (tertiary alicyclic amines) is 1. The second kappa shape index (κ2) is 9.91. The molecule has 0 saturated carbocycles. The molecule has 1 heterocycles. The second-order valence-corrected chi connectivity index (χ2v) is 6.20. The molecule has 138 valence electrons. The number of carbonyl (C=O) groups excluding carboxylic acids is 2. The second-order valence-electron chi connectivity index (χ2n) is 6.20. The van der Waals surface area contributed by atoms with Gasteiger partial charge in [-0.2, -0.15) is 0 Å². The van der Waals surface area contributed by atoms with Crippen LogP contribution in [-0.2, 0) is 16.0 Å². The Hall–Kier alpha value is -2.24. The van der Waals surface area contributed by atoms with E-state index in [1.165, 1.54) is 5.56 Å². The van der Waals surface area contributed by atoms with Gasteiger partial charge in [-0.05, 0) is 50.3 Å². The van der Waals surface area contributed by atoms with E-state index in [0.717, 1.165) is 18.6 Å². The Bertz CT molecular complexity index is 551. The summed E-state index contributed by atoms with van der Waals surface area (Å²) in [7, 11) is 1.65. The lowest BCUT2D eigenvalue weighted by molar-refractivity contribution is -0.149. The highest BCUT2D eigenvalue weighted by Crippen LogP contribution is 2.18. The molecule has 1 N–H and O–H groups in total. The highest BCUT2D eigenvalue weighted by molar-refractivity contribution is 5.76. The van der Waals surface area contributed by atoms with E-state index < -0.39 is 0 Å². The van der Waals surface area contributed by atoms with Crippen molar-refractivity contribution in [2.24, 2.45) is 5.92 Å². The third kappa shape index (κ3) is 5.96. The molecule has 0 spiro atoms. The maximum absolute atomic E-state index is 12.2. The van der Waals surface area contributed by atoms with Crippen LogP contribution in [0.5, 0.6) is 5.75 Å². The lowest BCUT2D eigenvalue weighted by Gasteiger charge is -2.30. The van der Waals surface area contributed by atoms with E-state index in [1.807, 2.05) is 31.2 Å². The highest BCUT2D eigenvalue weighted by Gasteiger charge is 2.27. The van der Waals surface area contributed by atoms with E-state index in [4.69, 9.17) is 9.47 Å². The van der Waals surface area contributed by atoms with Gasteiger partial charge in [-0.3, -0.25) is 4.79 Å². The number of nitrogens with one attached hydrogen (secondary N) is 1. The first-order valence-corrected chi connectivity index (χ1v) is 8.96. The van der Waals surface area contributed by atoms with Gasteiger partial charge in [0.05, 0.1) is 19.6 Å². The van der Waals surface area contributed by atoms with Crippen LogP contribution in [0.1, 0.15) is 31.7 Å². The van der Waals surface area contributed by atoms with Crippen molar-refractivity contribution in [2.45, 2.75) is 32.6 Å². The molecular weight excluding hydrogens is 320 g/mol. The maximum Gasteiger partial charge on any atom is 0.317 e. The van der Waals surface area contributed by atoms with Crippen LogP contribution in [0.4, 0.5) is 4.79 Å². The van der Waals surface area contributed by atoms with Crippen LogP contribution in [0, 0.1) is 5.92 Å². The molecule has 1 aliphatic rings. The fourth-order valence-electron chi connectivity index (χ4n) is 2.97. The normalized spacial score (nSPS) is 14.9. The number of aryl methyl sites for hydroxylation is 1. The number of esters is 1. The Balaban J connectivity index is 1.63. The van der Waals surface area contributed by atoms with Crippen LogP contribution in [-0.4, -0.2) is 50.3 Å². The summed E-state index contributed by atoms with van der Waals surface area (Å²) in [4.78, 5) is 25.7. The number of urea groups is 1. The Morgan fingerprint density at radius 1 is 1.20 bits per heavy atom. The van der Waals surface area contributed by atoms with Crippen LogP contribution in [0.3, 0.4) is 0 Å². The molecule has 0 aromatic heterocycles. The van der Waals surface area contributed by atoms with Gasteiger partial charge in [-0.25, -0.2) is 4.79 Å². The SMILES string of the molecule is CCOC(=O)C1CCN(C(=O)NCCCc2ccc(OC)cc2)CC1. The van der Waals surface area contributed by atoms with Gasteiger partial charge in [0, 0.05) is 19.6 Å². The predicted molar refractivity (Wildman–Crippen MR) is 95.6 cm³/mol. The number of benzene rings is 1. The maximum atomic E-state index is 12.2. The summed E-state index contributed by atoms with van der Waals surface area (Å²) in [6.07, 6.45) is 3.16. The number of hydrogen-bond donors (Lipinski definition) is 1. The lowest BCUT2D eigenvalue weighted by atomic mass is 9.97. The molecule has 6 heteroatoms. The minimum Gasteiger partial charge on any atom is -0.497 e. The van der Waals surface area contributed by atoms with Gasteiger partial charge in [-0.15, -0.1) is 0 Å². The average Bonchev–Trinajstić information content (AvgIpc) is 2.66. The topological polar surface area (TPSA) is 67.9 Å². The summed E-state index contributed by atoms with van der Waals surface area (Å²) >= 11 is 0. The highest BCUT2D eigenvalue weighted by atomic mass is 16.5. The van der Waals surface area contributed by atoms with Crippen molar-refractivity contribution in [3.63, 3.8) is 0 Å². The fraction of sp³-hybridized carbons (Fsp3) is 0.579. The monoisotopic (exact) mass is 348 g/mol.